The summed E-state index contributed by atoms with van der Waals surface area (Å²) in [7, 11) is 0. The molecule has 280 valence electrons. The molecule has 2 saturated heterocycles. The lowest BCUT2D eigenvalue weighted by Gasteiger charge is -2.31. The van der Waals surface area contributed by atoms with E-state index >= 15 is 0 Å². The van der Waals surface area contributed by atoms with Crippen molar-refractivity contribution in [3.63, 3.8) is 0 Å². The van der Waals surface area contributed by atoms with Crippen LogP contribution in [0, 0.1) is 0 Å². The van der Waals surface area contributed by atoms with Crippen molar-refractivity contribution in [3.05, 3.63) is 69.5 Å². The van der Waals surface area contributed by atoms with Crippen molar-refractivity contribution in [1.29, 1.82) is 0 Å². The zero-order valence-corrected chi connectivity index (χ0v) is 32.5. The fourth-order valence-corrected chi connectivity index (χ4v) is 8.57. The molecule has 0 saturated carbocycles. The molecule has 8 rings (SSSR count). The van der Waals surface area contributed by atoms with Gasteiger partial charge in [-0.25, -0.2) is 0 Å². The van der Waals surface area contributed by atoms with Crippen LogP contribution in [0.5, 0.6) is 0 Å². The monoisotopic (exact) mass is 726 g/mol. The van der Waals surface area contributed by atoms with Gasteiger partial charge in [-0.05, 0) is 119 Å². The maximum absolute atomic E-state index is 6.22. The van der Waals surface area contributed by atoms with Crippen molar-refractivity contribution in [2.24, 2.45) is 0 Å². The van der Waals surface area contributed by atoms with E-state index in [1.807, 2.05) is 12.1 Å². The molecule has 52 heavy (non-hydrogen) atoms. The Balaban J connectivity index is 0.000000162. The molecule has 2 aromatic carbocycles. The molecule has 2 atom stereocenters. The van der Waals surface area contributed by atoms with Crippen LogP contribution in [0.25, 0.3) is 21.8 Å². The van der Waals surface area contributed by atoms with Crippen LogP contribution in [0.15, 0.2) is 36.4 Å². The summed E-state index contributed by atoms with van der Waals surface area (Å²) >= 11 is 6.22. The van der Waals surface area contributed by atoms with E-state index in [9.17, 15) is 0 Å². The molecular formula is C43H59ClN6O2. The van der Waals surface area contributed by atoms with E-state index in [-0.39, 0.29) is 0 Å². The Morgan fingerprint density at radius 1 is 0.692 bits per heavy atom. The van der Waals surface area contributed by atoms with E-state index in [0.717, 1.165) is 120 Å². The molecular weight excluding hydrogens is 668 g/mol. The first-order chi connectivity index (χ1) is 25.4. The molecule has 0 radical (unpaired) electrons. The number of morpholine rings is 2. The van der Waals surface area contributed by atoms with Crippen molar-refractivity contribution in [1.82, 2.24) is 19.8 Å². The molecule has 2 unspecified atom stereocenters. The van der Waals surface area contributed by atoms with Gasteiger partial charge in [0.15, 0.2) is 0 Å². The van der Waals surface area contributed by atoms with Gasteiger partial charge >= 0.3 is 0 Å². The molecule has 8 nitrogen and oxygen atoms in total. The van der Waals surface area contributed by atoms with Crippen LogP contribution in [0.4, 0.5) is 11.4 Å². The zero-order chi connectivity index (χ0) is 35.9. The van der Waals surface area contributed by atoms with Gasteiger partial charge < -0.3 is 20.1 Å². The lowest BCUT2D eigenvalue weighted by Crippen LogP contribution is -2.42. The molecule has 0 amide bonds. The molecule has 4 heterocycles. The first-order valence-corrected chi connectivity index (χ1v) is 20.5. The molecule has 4 aliphatic rings. The Hall–Kier alpha value is -3.01. The topological polar surface area (TPSA) is 74.8 Å². The van der Waals surface area contributed by atoms with E-state index in [1.165, 1.54) is 75.9 Å². The van der Waals surface area contributed by atoms with Crippen LogP contribution in [-0.2, 0) is 41.6 Å². The van der Waals surface area contributed by atoms with Gasteiger partial charge in [0.2, 0.25) is 0 Å². The van der Waals surface area contributed by atoms with Gasteiger partial charge in [-0.1, -0.05) is 30.7 Å². The minimum Gasteiger partial charge on any atom is -0.382 e. The Labute approximate surface area is 316 Å². The predicted molar refractivity (Wildman–Crippen MR) is 216 cm³/mol. The Morgan fingerprint density at radius 2 is 1.23 bits per heavy atom. The van der Waals surface area contributed by atoms with Crippen molar-refractivity contribution in [2.45, 2.75) is 97.1 Å². The lowest BCUT2D eigenvalue weighted by molar-refractivity contribution is 0.0368. The van der Waals surface area contributed by atoms with Crippen LogP contribution in [0.2, 0.25) is 5.02 Å². The quantitative estimate of drug-likeness (QED) is 0.170. The minimum absolute atomic E-state index is 0.413. The fourth-order valence-electron chi connectivity index (χ4n) is 8.40. The van der Waals surface area contributed by atoms with Crippen molar-refractivity contribution in [3.8, 4) is 0 Å². The third-order valence-corrected chi connectivity index (χ3v) is 11.6. The minimum atomic E-state index is 0.413. The van der Waals surface area contributed by atoms with Gasteiger partial charge in [-0.15, -0.1) is 0 Å². The summed E-state index contributed by atoms with van der Waals surface area (Å²) in [6, 6.07) is 13.7. The average molecular weight is 727 g/mol. The van der Waals surface area contributed by atoms with Crippen LogP contribution < -0.4 is 10.6 Å². The molecule has 2 aliphatic heterocycles. The standard InChI is InChI=1S/C22H31N3O.C21H28ClN3O/c1-3-17-8-9-19-21(14-17)24-20-7-5-4-6-18(20)22(19)23-16(2)15-25-10-12-26-13-11-25;1-15(8-9-25-10-12-26-13-11-25)23-21-17-4-2-3-5-19(17)24-20-14-16(22)6-7-18(20)21/h8-9,14,16H,3-7,10-13,15H2,1-2H3,(H,23,24);6-7,14-15H,2-5,8-13H2,1H3,(H,23,24). The Bertz CT molecular complexity index is 1800. The average Bonchev–Trinajstić information content (AvgIpc) is 3.17. The summed E-state index contributed by atoms with van der Waals surface area (Å²) < 4.78 is 10.9. The summed E-state index contributed by atoms with van der Waals surface area (Å²) in [5, 5.41) is 11.0. The second-order valence-electron chi connectivity index (χ2n) is 15.4. The number of benzene rings is 2. The van der Waals surface area contributed by atoms with Gasteiger partial charge in [-0.3, -0.25) is 19.8 Å². The van der Waals surface area contributed by atoms with Crippen LogP contribution >= 0.6 is 11.6 Å². The molecule has 0 spiro atoms. The van der Waals surface area contributed by atoms with Crippen LogP contribution in [0.3, 0.4) is 0 Å². The van der Waals surface area contributed by atoms with Crippen LogP contribution in [-0.4, -0.2) is 97.5 Å². The summed E-state index contributed by atoms with van der Waals surface area (Å²) in [6.07, 6.45) is 11.7. The number of fused-ring (bicyclic) bond motifs is 4. The highest BCUT2D eigenvalue weighted by Gasteiger charge is 2.22. The summed E-state index contributed by atoms with van der Waals surface area (Å²) in [6.45, 7) is 16.6. The molecule has 9 heteroatoms. The smallest absolute Gasteiger partial charge is 0.0741 e. The molecule has 2 N–H and O–H groups in total. The van der Waals surface area contributed by atoms with E-state index in [1.54, 1.807) is 0 Å². The van der Waals surface area contributed by atoms with Crippen molar-refractivity contribution >= 4 is 44.8 Å². The Kier molecular flexibility index (Phi) is 12.8. The molecule has 2 fully saturated rings. The summed E-state index contributed by atoms with van der Waals surface area (Å²) in [5.41, 5.74) is 11.6. The maximum atomic E-state index is 6.22. The molecule has 4 aromatic rings. The first-order valence-electron chi connectivity index (χ1n) is 20.1. The summed E-state index contributed by atoms with van der Waals surface area (Å²) in [5.74, 6) is 0. The van der Waals surface area contributed by atoms with E-state index in [0.29, 0.717) is 12.1 Å². The van der Waals surface area contributed by atoms with Gasteiger partial charge in [-0.2, -0.15) is 0 Å². The highest BCUT2D eigenvalue weighted by molar-refractivity contribution is 6.31. The number of halogens is 1. The Morgan fingerprint density at radius 3 is 1.85 bits per heavy atom. The maximum Gasteiger partial charge on any atom is 0.0741 e. The SMILES string of the molecule is CC(CCN1CCOCC1)Nc1c2c(nc3cc(Cl)ccc13)CCCC2.CCc1ccc2c(NC(C)CN3CCOCC3)c3c(nc2c1)CCCC3. The number of anilines is 2. The first kappa shape index (κ1) is 37.3. The number of ether oxygens (including phenoxy) is 2. The number of aromatic nitrogens is 2. The van der Waals surface area contributed by atoms with E-state index in [4.69, 9.17) is 31.0 Å². The summed E-state index contributed by atoms with van der Waals surface area (Å²) in [4.78, 5) is 15.0. The van der Waals surface area contributed by atoms with E-state index < -0.39 is 0 Å². The fraction of sp³-hybridized carbons (Fsp3) is 0.581. The number of nitrogens with one attached hydrogen (secondary N) is 2. The van der Waals surface area contributed by atoms with Crippen LogP contribution in [0.1, 0.15) is 81.0 Å². The third kappa shape index (κ3) is 9.19. The van der Waals surface area contributed by atoms with Gasteiger partial charge in [0.05, 0.1) is 37.5 Å². The third-order valence-electron chi connectivity index (χ3n) is 11.4. The predicted octanol–water partition coefficient (Wildman–Crippen LogP) is 8.10. The van der Waals surface area contributed by atoms with Gasteiger partial charge in [0.25, 0.3) is 0 Å². The zero-order valence-electron chi connectivity index (χ0n) is 31.7. The van der Waals surface area contributed by atoms with Gasteiger partial charge in [0, 0.05) is 89.9 Å². The molecule has 2 aromatic heterocycles. The van der Waals surface area contributed by atoms with Crippen molar-refractivity contribution < 1.29 is 9.47 Å². The normalized spacial score (nSPS) is 19.3. The molecule has 2 aliphatic carbocycles. The number of aryl methyl sites for hydroxylation is 3. The van der Waals surface area contributed by atoms with Gasteiger partial charge in [0.1, 0.15) is 0 Å². The largest absolute Gasteiger partial charge is 0.382 e. The highest BCUT2D eigenvalue weighted by Crippen LogP contribution is 2.36. The highest BCUT2D eigenvalue weighted by atomic mass is 35.5. The molecule has 0 bridgehead atoms. The number of nitrogens with zero attached hydrogens (tertiary/aromatic N) is 4. The number of hydrogen-bond acceptors (Lipinski definition) is 8. The van der Waals surface area contributed by atoms with Crippen molar-refractivity contribution in [2.75, 3.05) is 76.3 Å². The number of pyridine rings is 2. The van der Waals surface area contributed by atoms with E-state index in [2.05, 4.69) is 65.5 Å². The second-order valence-corrected chi connectivity index (χ2v) is 15.8. The number of hydrogen-bond donors (Lipinski definition) is 2. The lowest BCUT2D eigenvalue weighted by atomic mass is 9.92. The number of rotatable bonds is 10. The second kappa shape index (κ2) is 17.9.